The first kappa shape index (κ1) is 12.0. The average Bonchev–Trinajstić information content (AvgIpc) is 1.97. The van der Waals surface area contributed by atoms with Crippen LogP contribution in [-0.4, -0.2) is 0 Å². The number of rotatable bonds is 0. The predicted octanol–water partition coefficient (Wildman–Crippen LogP) is 2.18. The number of benzene rings is 1. The molecule has 0 aliphatic heterocycles. The summed E-state index contributed by atoms with van der Waals surface area (Å²) >= 11 is 0. The Kier molecular flexibility index (Phi) is 4.27. The summed E-state index contributed by atoms with van der Waals surface area (Å²) in [5.41, 5.74) is 0. The van der Waals surface area contributed by atoms with Crippen molar-refractivity contribution in [3.8, 4) is 0 Å². The maximum Gasteiger partial charge on any atom is 0.0893 e. The zero-order valence-corrected chi connectivity index (χ0v) is 8.31. The van der Waals surface area contributed by atoms with E-state index < -0.39 is 29.1 Å². The van der Waals surface area contributed by atoms with Gasteiger partial charge in [-0.25, -0.2) is 13.2 Å². The van der Waals surface area contributed by atoms with E-state index in [4.69, 9.17) is 0 Å². The van der Waals surface area contributed by atoms with Crippen molar-refractivity contribution in [2.45, 2.75) is 0 Å². The van der Waals surface area contributed by atoms with Gasteiger partial charge < -0.3 is 0 Å². The van der Waals surface area contributed by atoms with Gasteiger partial charge in [-0.1, -0.05) is 0 Å². The molecule has 0 atom stereocenters. The number of hydrogen-bond donors (Lipinski definition) is 0. The zero-order valence-electron chi connectivity index (χ0n) is 5.47. The van der Waals surface area contributed by atoms with Crippen molar-refractivity contribution in [2.24, 2.45) is 0 Å². The van der Waals surface area contributed by atoms with Crippen LogP contribution in [0.2, 0.25) is 0 Å². The third kappa shape index (κ3) is 2.01. The first-order chi connectivity index (χ1) is 5.04. The van der Waals surface area contributed by atoms with E-state index in [0.717, 1.165) is 6.07 Å². The second-order valence-electron chi connectivity index (χ2n) is 1.69. The van der Waals surface area contributed by atoms with Gasteiger partial charge in [0.25, 0.3) is 0 Å². The minimum absolute atomic E-state index is 0. The maximum absolute atomic E-state index is 12.0. The van der Waals surface area contributed by atoms with Gasteiger partial charge in [0.15, 0.2) is 0 Å². The minimum atomic E-state index is -2.17. The molecule has 0 saturated heterocycles. The second kappa shape index (κ2) is 4.28. The molecule has 63 valence electrons. The predicted molar refractivity (Wildman–Crippen MR) is 25.1 cm³/mol. The maximum atomic E-state index is 12.0. The standard InChI is InChI=1S/C6F5.Y/c7-2-1-3(8)5(10)6(11)4(2)9;/q-1;. The van der Waals surface area contributed by atoms with E-state index >= 15 is 0 Å². The van der Waals surface area contributed by atoms with Gasteiger partial charge in [0, 0.05) is 32.7 Å². The molecule has 0 amide bonds. The Morgan fingerprint density at radius 2 is 1.00 bits per heavy atom. The van der Waals surface area contributed by atoms with E-state index in [9.17, 15) is 22.0 Å². The Hall–Kier alpha value is -0.0261. The molecule has 0 bridgehead atoms. The fraction of sp³-hybridized carbons (Fsp3) is 0. The van der Waals surface area contributed by atoms with Crippen LogP contribution in [0.1, 0.15) is 0 Å². The van der Waals surface area contributed by atoms with Gasteiger partial charge in [0.2, 0.25) is 0 Å². The molecule has 1 rings (SSSR count). The summed E-state index contributed by atoms with van der Waals surface area (Å²) in [5, 5.41) is 0. The molecule has 1 radical (unpaired) electrons. The van der Waals surface area contributed by atoms with Crippen molar-refractivity contribution in [1.82, 2.24) is 0 Å². The van der Waals surface area contributed by atoms with Gasteiger partial charge in [0.1, 0.15) is 0 Å². The van der Waals surface area contributed by atoms with Gasteiger partial charge in [0.05, 0.1) is 29.1 Å². The van der Waals surface area contributed by atoms with Crippen LogP contribution in [0.5, 0.6) is 0 Å². The molecule has 0 nitrogen and oxygen atoms in total. The quantitative estimate of drug-likeness (QED) is 0.289. The molecule has 0 spiro atoms. The number of halogens is 5. The molecule has 1 aromatic rings. The topological polar surface area (TPSA) is 0 Å². The van der Waals surface area contributed by atoms with Crippen molar-refractivity contribution in [1.29, 1.82) is 0 Å². The van der Waals surface area contributed by atoms with Crippen LogP contribution in [0.25, 0.3) is 0 Å². The molecule has 0 saturated carbocycles. The van der Waals surface area contributed by atoms with Crippen LogP contribution in [0.4, 0.5) is 22.0 Å². The third-order valence-corrected chi connectivity index (χ3v) is 0.990. The normalized spacial score (nSPS) is 9.42. The molecular weight excluding hydrogens is 256 g/mol. The fourth-order valence-electron chi connectivity index (χ4n) is 0.495. The molecule has 0 unspecified atom stereocenters. The van der Waals surface area contributed by atoms with Crippen LogP contribution < -0.4 is 0 Å². The average molecular weight is 256 g/mol. The molecule has 0 fully saturated rings. The van der Waals surface area contributed by atoms with Crippen LogP contribution in [-0.2, 0) is 32.7 Å². The van der Waals surface area contributed by atoms with Crippen LogP contribution >= 0.6 is 0 Å². The summed E-state index contributed by atoms with van der Waals surface area (Å²) in [6, 6.07) is 1.02. The van der Waals surface area contributed by atoms with E-state index in [-0.39, 0.29) is 32.7 Å². The Morgan fingerprint density at radius 3 is 1.33 bits per heavy atom. The van der Waals surface area contributed by atoms with Gasteiger partial charge >= 0.3 is 0 Å². The van der Waals surface area contributed by atoms with Crippen molar-refractivity contribution >= 4 is 0 Å². The first-order valence-corrected chi connectivity index (χ1v) is 2.44. The van der Waals surface area contributed by atoms with E-state index in [0.29, 0.717) is 0 Å². The van der Waals surface area contributed by atoms with Crippen LogP contribution in [0.15, 0.2) is 0 Å². The van der Waals surface area contributed by atoms with E-state index in [2.05, 4.69) is 0 Å². The monoisotopic (exact) mass is 256 g/mol. The molecule has 0 heterocycles. The smallest absolute Gasteiger partial charge is 0.0893 e. The summed E-state index contributed by atoms with van der Waals surface area (Å²) < 4.78 is 59.9. The summed E-state index contributed by atoms with van der Waals surface area (Å²) in [5.74, 6) is -10.0. The zero-order chi connectivity index (χ0) is 8.59. The summed E-state index contributed by atoms with van der Waals surface area (Å²) in [6.45, 7) is 0. The molecule has 0 N–H and O–H groups in total. The van der Waals surface area contributed by atoms with E-state index in [1.807, 2.05) is 0 Å². The minimum Gasteiger partial charge on any atom is -0.278 e. The van der Waals surface area contributed by atoms with E-state index in [1.54, 1.807) is 0 Å². The summed E-state index contributed by atoms with van der Waals surface area (Å²) in [6.07, 6.45) is 0. The Morgan fingerprint density at radius 1 is 0.667 bits per heavy atom. The van der Waals surface area contributed by atoms with Crippen LogP contribution in [0, 0.1) is 35.2 Å². The SMILES string of the molecule is Fc1[c-]c(F)c(F)c(F)c1F.[Y]. The second-order valence-corrected chi connectivity index (χ2v) is 1.69. The van der Waals surface area contributed by atoms with Gasteiger partial charge in [-0.05, 0) is 0 Å². The molecule has 0 aliphatic carbocycles. The molecule has 0 aromatic heterocycles. The summed E-state index contributed by atoms with van der Waals surface area (Å²) in [4.78, 5) is 0. The van der Waals surface area contributed by atoms with Gasteiger partial charge in [-0.2, -0.15) is 0 Å². The van der Waals surface area contributed by atoms with Crippen molar-refractivity contribution in [3.05, 3.63) is 35.2 Å². The largest absolute Gasteiger partial charge is 0.278 e. The molecule has 12 heavy (non-hydrogen) atoms. The van der Waals surface area contributed by atoms with Crippen molar-refractivity contribution in [2.75, 3.05) is 0 Å². The fourth-order valence-corrected chi connectivity index (χ4v) is 0.495. The van der Waals surface area contributed by atoms with E-state index in [1.165, 1.54) is 0 Å². The Bertz CT molecular complexity index is 272. The van der Waals surface area contributed by atoms with Crippen molar-refractivity contribution in [3.63, 3.8) is 0 Å². The molecule has 1 aromatic carbocycles. The van der Waals surface area contributed by atoms with Crippen molar-refractivity contribution < 1.29 is 54.7 Å². The Balaban J connectivity index is 0.00000121. The van der Waals surface area contributed by atoms with Gasteiger partial charge in [-0.3, -0.25) is 8.78 Å². The number of hydrogen-bond acceptors (Lipinski definition) is 0. The third-order valence-electron chi connectivity index (χ3n) is 0.990. The Labute approximate surface area is 89.6 Å². The first-order valence-electron chi connectivity index (χ1n) is 2.44. The molecule has 6 heteroatoms. The van der Waals surface area contributed by atoms with Crippen LogP contribution in [0.3, 0.4) is 0 Å². The van der Waals surface area contributed by atoms with Gasteiger partial charge in [-0.15, -0.1) is 6.07 Å². The molecule has 0 aliphatic rings. The summed E-state index contributed by atoms with van der Waals surface area (Å²) in [7, 11) is 0. The molecular formula is C6F5Y-.